The fourth-order valence-electron chi connectivity index (χ4n) is 2.14. The van der Waals surface area contributed by atoms with Gasteiger partial charge in [0.2, 0.25) is 0 Å². The van der Waals surface area contributed by atoms with E-state index in [9.17, 15) is 14.7 Å². The van der Waals surface area contributed by atoms with Crippen molar-refractivity contribution in [2.45, 2.75) is 38.7 Å². The first-order valence-corrected chi connectivity index (χ1v) is 6.05. The molecule has 1 heterocycles. The lowest BCUT2D eigenvalue weighted by Gasteiger charge is -2.36. The maximum absolute atomic E-state index is 11.6. The lowest BCUT2D eigenvalue weighted by Crippen LogP contribution is -2.47. The van der Waals surface area contributed by atoms with E-state index in [2.05, 4.69) is 0 Å². The number of rotatable bonds is 5. The van der Waals surface area contributed by atoms with Gasteiger partial charge in [0, 0.05) is 6.54 Å². The van der Waals surface area contributed by atoms with E-state index < -0.39 is 11.6 Å². The largest absolute Gasteiger partial charge is 0.466 e. The minimum absolute atomic E-state index is 0.152. The molecule has 1 N–H and O–H groups in total. The molecule has 0 saturated carbocycles. The smallest absolute Gasteiger partial charge is 0.313 e. The zero-order valence-corrected chi connectivity index (χ0v) is 10.6. The van der Waals surface area contributed by atoms with Gasteiger partial charge in [0.05, 0.1) is 18.8 Å². The molecule has 0 aromatic rings. The van der Waals surface area contributed by atoms with Crippen LogP contribution in [-0.4, -0.2) is 53.6 Å². The number of nitrogens with zero attached hydrogens (tertiary/aromatic N) is 1. The van der Waals surface area contributed by atoms with Gasteiger partial charge in [-0.05, 0) is 33.2 Å². The topological polar surface area (TPSA) is 66.8 Å². The molecular formula is C12H21NO4. The fraction of sp³-hybridized carbons (Fsp3) is 0.833. The molecule has 1 unspecified atom stereocenters. The zero-order valence-electron chi connectivity index (χ0n) is 10.6. The quantitative estimate of drug-likeness (QED) is 0.557. The number of β-amino-alcohol motifs (C(OH)–C–C–N with tert-alkyl or cyclic N) is 1. The van der Waals surface area contributed by atoms with Crippen molar-refractivity contribution in [3.63, 3.8) is 0 Å². The number of hydrogen-bond donors (Lipinski definition) is 1. The molecular weight excluding hydrogens is 222 g/mol. The highest BCUT2D eigenvalue weighted by atomic mass is 16.5. The van der Waals surface area contributed by atoms with Crippen molar-refractivity contribution < 1.29 is 19.4 Å². The number of ether oxygens (including phenoxy) is 1. The summed E-state index contributed by atoms with van der Waals surface area (Å²) in [5.74, 6) is -0.623. The first-order chi connectivity index (χ1) is 7.93. The van der Waals surface area contributed by atoms with Crippen LogP contribution >= 0.6 is 0 Å². The first kappa shape index (κ1) is 14.1. The van der Waals surface area contributed by atoms with Crippen LogP contribution in [-0.2, 0) is 14.3 Å². The van der Waals surface area contributed by atoms with E-state index >= 15 is 0 Å². The third-order valence-corrected chi connectivity index (χ3v) is 2.80. The molecule has 0 aromatic carbocycles. The minimum atomic E-state index is -0.720. The molecule has 0 amide bonds. The van der Waals surface area contributed by atoms with Gasteiger partial charge in [-0.3, -0.25) is 14.5 Å². The molecule has 1 saturated heterocycles. The lowest BCUT2D eigenvalue weighted by atomic mass is 9.95. The van der Waals surface area contributed by atoms with Gasteiger partial charge in [-0.25, -0.2) is 0 Å². The van der Waals surface area contributed by atoms with E-state index in [1.807, 2.05) is 4.90 Å². The van der Waals surface area contributed by atoms with E-state index in [1.165, 1.54) is 0 Å². The number of esters is 1. The van der Waals surface area contributed by atoms with Gasteiger partial charge in [-0.15, -0.1) is 0 Å². The zero-order chi connectivity index (χ0) is 12.9. The van der Waals surface area contributed by atoms with Crippen LogP contribution in [0.25, 0.3) is 0 Å². The highest BCUT2D eigenvalue weighted by Gasteiger charge is 2.29. The van der Waals surface area contributed by atoms with Crippen molar-refractivity contribution in [2.75, 3.05) is 26.2 Å². The minimum Gasteiger partial charge on any atom is -0.466 e. The summed E-state index contributed by atoms with van der Waals surface area (Å²) in [7, 11) is 0. The van der Waals surface area contributed by atoms with Crippen molar-refractivity contribution in [3.05, 3.63) is 0 Å². The number of aliphatic hydroxyl groups is 1. The van der Waals surface area contributed by atoms with Crippen molar-refractivity contribution in [1.29, 1.82) is 0 Å². The molecule has 1 atom stereocenters. The average Bonchev–Trinajstić information content (AvgIpc) is 2.15. The standard InChI is InChI=1S/C12H21NO4/c1-3-17-11(15)7-10(14)8-13-6-4-5-12(2,16)9-13/h16H,3-9H2,1-2H3. The van der Waals surface area contributed by atoms with Crippen molar-refractivity contribution in [3.8, 4) is 0 Å². The Balaban J connectivity index is 2.33. The Morgan fingerprint density at radius 3 is 2.76 bits per heavy atom. The number of carbonyl (C=O) groups is 2. The summed E-state index contributed by atoms with van der Waals surface area (Å²) in [5, 5.41) is 9.88. The Bertz CT molecular complexity index is 288. The molecule has 0 bridgehead atoms. The highest BCUT2D eigenvalue weighted by Crippen LogP contribution is 2.19. The molecule has 0 radical (unpaired) electrons. The van der Waals surface area contributed by atoms with Gasteiger partial charge in [-0.1, -0.05) is 0 Å². The third-order valence-electron chi connectivity index (χ3n) is 2.80. The highest BCUT2D eigenvalue weighted by molar-refractivity contribution is 5.96. The van der Waals surface area contributed by atoms with E-state index in [0.29, 0.717) is 13.2 Å². The van der Waals surface area contributed by atoms with Gasteiger partial charge in [-0.2, -0.15) is 0 Å². The molecule has 98 valence electrons. The lowest BCUT2D eigenvalue weighted by molar-refractivity contribution is -0.145. The second-order valence-electron chi connectivity index (χ2n) is 4.83. The van der Waals surface area contributed by atoms with E-state index in [0.717, 1.165) is 19.4 Å². The summed E-state index contributed by atoms with van der Waals surface area (Å²) in [5.41, 5.74) is -0.720. The summed E-state index contributed by atoms with van der Waals surface area (Å²) in [6.45, 7) is 5.28. The Morgan fingerprint density at radius 2 is 2.18 bits per heavy atom. The van der Waals surface area contributed by atoms with E-state index in [1.54, 1.807) is 13.8 Å². The molecule has 1 fully saturated rings. The van der Waals surface area contributed by atoms with E-state index in [4.69, 9.17) is 4.74 Å². The summed E-state index contributed by atoms with van der Waals surface area (Å²) in [4.78, 5) is 24.6. The predicted octanol–water partition coefficient (Wildman–Crippen LogP) is 0.356. The molecule has 0 aliphatic carbocycles. The first-order valence-electron chi connectivity index (χ1n) is 6.05. The van der Waals surface area contributed by atoms with Crippen LogP contribution in [0.5, 0.6) is 0 Å². The van der Waals surface area contributed by atoms with Crippen molar-refractivity contribution in [1.82, 2.24) is 4.90 Å². The second kappa shape index (κ2) is 6.12. The average molecular weight is 243 g/mol. The van der Waals surface area contributed by atoms with Crippen molar-refractivity contribution in [2.24, 2.45) is 0 Å². The molecule has 17 heavy (non-hydrogen) atoms. The van der Waals surface area contributed by atoms with Gasteiger partial charge >= 0.3 is 5.97 Å². The number of hydrogen-bond acceptors (Lipinski definition) is 5. The number of carbonyl (C=O) groups excluding carboxylic acids is 2. The number of piperidine rings is 1. The Hall–Kier alpha value is -0.940. The summed E-state index contributed by atoms with van der Waals surface area (Å²) in [6.07, 6.45) is 1.46. The summed E-state index contributed by atoms with van der Waals surface area (Å²) < 4.78 is 4.71. The molecule has 0 spiro atoms. The van der Waals surface area contributed by atoms with Crippen LogP contribution in [0.15, 0.2) is 0 Å². The predicted molar refractivity (Wildman–Crippen MR) is 62.6 cm³/mol. The van der Waals surface area contributed by atoms with Crippen LogP contribution in [0, 0.1) is 0 Å². The van der Waals surface area contributed by atoms with Gasteiger partial charge in [0.15, 0.2) is 5.78 Å². The number of ketones is 1. The van der Waals surface area contributed by atoms with Crippen LogP contribution in [0.1, 0.15) is 33.1 Å². The van der Waals surface area contributed by atoms with Crippen LogP contribution in [0.3, 0.4) is 0 Å². The third kappa shape index (κ3) is 5.28. The maximum atomic E-state index is 11.6. The number of likely N-dealkylation sites (tertiary alicyclic amines) is 1. The van der Waals surface area contributed by atoms with Gasteiger partial charge in [0.1, 0.15) is 6.42 Å². The van der Waals surface area contributed by atoms with Crippen LogP contribution < -0.4 is 0 Å². The molecule has 1 aliphatic rings. The van der Waals surface area contributed by atoms with Gasteiger partial charge < -0.3 is 9.84 Å². The summed E-state index contributed by atoms with van der Waals surface area (Å²) in [6, 6.07) is 0. The molecule has 1 aliphatic heterocycles. The Kier molecular flexibility index (Phi) is 5.08. The fourth-order valence-corrected chi connectivity index (χ4v) is 2.14. The second-order valence-corrected chi connectivity index (χ2v) is 4.83. The Labute approximate surface area is 102 Å². The molecule has 5 heteroatoms. The van der Waals surface area contributed by atoms with Crippen molar-refractivity contribution >= 4 is 11.8 Å². The summed E-state index contributed by atoms with van der Waals surface area (Å²) >= 11 is 0. The van der Waals surface area contributed by atoms with Gasteiger partial charge in [0.25, 0.3) is 0 Å². The van der Waals surface area contributed by atoms with Crippen LogP contribution in [0.4, 0.5) is 0 Å². The monoisotopic (exact) mass is 243 g/mol. The molecule has 1 rings (SSSR count). The maximum Gasteiger partial charge on any atom is 0.313 e. The molecule has 5 nitrogen and oxygen atoms in total. The Morgan fingerprint density at radius 1 is 1.47 bits per heavy atom. The van der Waals surface area contributed by atoms with Crippen LogP contribution in [0.2, 0.25) is 0 Å². The molecule has 0 aromatic heterocycles. The normalized spacial score (nSPS) is 25.6. The van der Waals surface area contributed by atoms with E-state index in [-0.39, 0.29) is 18.7 Å². The SMILES string of the molecule is CCOC(=O)CC(=O)CN1CCCC(C)(O)C1. The number of Topliss-reactive ketones (excluding diaryl/α,β-unsaturated/α-hetero) is 1.